The second-order valence-electron chi connectivity index (χ2n) is 3.72. The van der Waals surface area contributed by atoms with Gasteiger partial charge in [0.2, 0.25) is 0 Å². The summed E-state index contributed by atoms with van der Waals surface area (Å²) in [5.41, 5.74) is 0.411. The molecule has 18 heavy (non-hydrogen) atoms. The molecule has 0 aliphatic carbocycles. The highest BCUT2D eigenvalue weighted by atomic mass is 16.5. The molecule has 0 fully saturated rings. The van der Waals surface area contributed by atoms with Crippen LogP contribution < -0.4 is 10.1 Å². The number of methoxy groups -OCH3 is 1. The van der Waals surface area contributed by atoms with Crippen LogP contribution in [0.4, 0.5) is 0 Å². The Kier molecular flexibility index (Phi) is 6.00. The minimum absolute atomic E-state index is 0.0265. The third-order valence-electron chi connectivity index (χ3n) is 2.33. The first-order valence-corrected chi connectivity index (χ1v) is 5.92. The predicted octanol–water partition coefficient (Wildman–Crippen LogP) is 1.56. The number of phenolic OH excluding ortho intramolecular Hbond substituents is 1. The first-order chi connectivity index (χ1) is 8.69. The van der Waals surface area contributed by atoms with Crippen molar-refractivity contribution >= 4 is 5.91 Å². The van der Waals surface area contributed by atoms with Gasteiger partial charge >= 0.3 is 0 Å². The van der Waals surface area contributed by atoms with E-state index >= 15 is 0 Å². The predicted molar refractivity (Wildman–Crippen MR) is 68.1 cm³/mol. The SMILES string of the molecule is CCOc1ccc(C(=O)NCCCOC)cc1O. The van der Waals surface area contributed by atoms with Gasteiger partial charge in [-0.3, -0.25) is 4.79 Å². The summed E-state index contributed by atoms with van der Waals surface area (Å²) >= 11 is 0. The van der Waals surface area contributed by atoms with Gasteiger partial charge in [0.05, 0.1) is 6.61 Å². The van der Waals surface area contributed by atoms with Crippen molar-refractivity contribution in [2.75, 3.05) is 26.9 Å². The number of hydrogen-bond acceptors (Lipinski definition) is 4. The van der Waals surface area contributed by atoms with Gasteiger partial charge in [-0.1, -0.05) is 0 Å². The van der Waals surface area contributed by atoms with E-state index in [0.717, 1.165) is 6.42 Å². The molecule has 0 aliphatic heterocycles. The average Bonchev–Trinajstić information content (AvgIpc) is 2.37. The zero-order valence-corrected chi connectivity index (χ0v) is 10.7. The van der Waals surface area contributed by atoms with Gasteiger partial charge in [-0.2, -0.15) is 0 Å². The van der Waals surface area contributed by atoms with E-state index in [4.69, 9.17) is 9.47 Å². The van der Waals surface area contributed by atoms with E-state index in [-0.39, 0.29) is 11.7 Å². The van der Waals surface area contributed by atoms with Crippen LogP contribution in [0.1, 0.15) is 23.7 Å². The Hall–Kier alpha value is -1.75. The minimum atomic E-state index is -0.218. The molecule has 0 aromatic heterocycles. The number of carbonyl (C=O) groups is 1. The van der Waals surface area contributed by atoms with Gasteiger partial charge in [-0.25, -0.2) is 0 Å². The fourth-order valence-corrected chi connectivity index (χ4v) is 1.46. The van der Waals surface area contributed by atoms with E-state index in [9.17, 15) is 9.90 Å². The third-order valence-corrected chi connectivity index (χ3v) is 2.33. The molecule has 5 nitrogen and oxygen atoms in total. The topological polar surface area (TPSA) is 67.8 Å². The molecule has 1 amide bonds. The molecule has 0 radical (unpaired) electrons. The fourth-order valence-electron chi connectivity index (χ4n) is 1.46. The van der Waals surface area contributed by atoms with E-state index < -0.39 is 0 Å². The largest absolute Gasteiger partial charge is 0.504 e. The summed E-state index contributed by atoms with van der Waals surface area (Å²) in [4.78, 5) is 11.7. The summed E-state index contributed by atoms with van der Waals surface area (Å²) in [6.07, 6.45) is 0.755. The summed E-state index contributed by atoms with van der Waals surface area (Å²) in [7, 11) is 1.62. The van der Waals surface area contributed by atoms with E-state index in [1.165, 1.54) is 6.07 Å². The van der Waals surface area contributed by atoms with Crippen LogP contribution in [0, 0.1) is 0 Å². The summed E-state index contributed by atoms with van der Waals surface area (Å²) in [6, 6.07) is 4.61. The van der Waals surface area contributed by atoms with E-state index in [1.54, 1.807) is 19.2 Å². The number of amides is 1. The molecule has 0 bridgehead atoms. The van der Waals surface area contributed by atoms with Crippen LogP contribution >= 0.6 is 0 Å². The smallest absolute Gasteiger partial charge is 0.251 e. The molecule has 0 saturated heterocycles. The zero-order valence-electron chi connectivity index (χ0n) is 10.7. The van der Waals surface area contributed by atoms with Crippen molar-refractivity contribution in [3.63, 3.8) is 0 Å². The van der Waals surface area contributed by atoms with Gasteiger partial charge in [-0.15, -0.1) is 0 Å². The Balaban J connectivity index is 2.55. The Labute approximate surface area is 107 Å². The quantitative estimate of drug-likeness (QED) is 0.724. The lowest BCUT2D eigenvalue weighted by Crippen LogP contribution is -2.25. The highest BCUT2D eigenvalue weighted by Gasteiger charge is 2.09. The molecule has 100 valence electrons. The highest BCUT2D eigenvalue weighted by molar-refractivity contribution is 5.94. The van der Waals surface area contributed by atoms with Crippen molar-refractivity contribution in [1.29, 1.82) is 0 Å². The first-order valence-electron chi connectivity index (χ1n) is 5.92. The second kappa shape index (κ2) is 7.55. The molecule has 0 spiro atoms. The summed E-state index contributed by atoms with van der Waals surface area (Å²) < 4.78 is 10.1. The number of aromatic hydroxyl groups is 1. The van der Waals surface area contributed by atoms with Crippen molar-refractivity contribution in [2.24, 2.45) is 0 Å². The van der Waals surface area contributed by atoms with Gasteiger partial charge in [0.1, 0.15) is 0 Å². The van der Waals surface area contributed by atoms with E-state index in [1.807, 2.05) is 6.92 Å². The lowest BCUT2D eigenvalue weighted by Gasteiger charge is -2.08. The highest BCUT2D eigenvalue weighted by Crippen LogP contribution is 2.26. The molecule has 1 rings (SSSR count). The summed E-state index contributed by atoms with van der Waals surface area (Å²) in [6.45, 7) is 3.45. The molecule has 0 atom stereocenters. The Morgan fingerprint density at radius 3 is 2.83 bits per heavy atom. The first kappa shape index (κ1) is 14.3. The van der Waals surface area contributed by atoms with Crippen molar-refractivity contribution in [1.82, 2.24) is 5.32 Å². The standard InChI is InChI=1S/C13H19NO4/c1-3-18-12-6-5-10(9-11(12)15)13(16)14-7-4-8-17-2/h5-6,9,15H,3-4,7-8H2,1-2H3,(H,14,16). The normalized spacial score (nSPS) is 10.1. The second-order valence-corrected chi connectivity index (χ2v) is 3.72. The van der Waals surface area contributed by atoms with Gasteiger partial charge < -0.3 is 19.9 Å². The molecule has 1 aromatic rings. The number of benzene rings is 1. The van der Waals surface area contributed by atoms with Crippen LogP contribution in [-0.4, -0.2) is 37.9 Å². The van der Waals surface area contributed by atoms with Crippen molar-refractivity contribution in [3.8, 4) is 11.5 Å². The number of hydrogen-bond donors (Lipinski definition) is 2. The fraction of sp³-hybridized carbons (Fsp3) is 0.462. The maximum Gasteiger partial charge on any atom is 0.251 e. The monoisotopic (exact) mass is 253 g/mol. The third kappa shape index (κ3) is 4.25. The Morgan fingerprint density at radius 1 is 1.44 bits per heavy atom. The number of phenols is 1. The molecule has 1 aromatic carbocycles. The van der Waals surface area contributed by atoms with Gasteiger partial charge in [0.15, 0.2) is 11.5 Å². The number of ether oxygens (including phenoxy) is 2. The maximum atomic E-state index is 11.7. The minimum Gasteiger partial charge on any atom is -0.504 e. The van der Waals surface area contributed by atoms with Crippen LogP contribution in [-0.2, 0) is 4.74 Å². The molecule has 0 heterocycles. The Morgan fingerprint density at radius 2 is 2.22 bits per heavy atom. The number of rotatable bonds is 7. The van der Waals surface area contributed by atoms with Crippen LogP contribution in [0.3, 0.4) is 0 Å². The van der Waals surface area contributed by atoms with Crippen LogP contribution in [0.25, 0.3) is 0 Å². The molecular weight excluding hydrogens is 234 g/mol. The molecular formula is C13H19NO4. The maximum absolute atomic E-state index is 11.7. The summed E-state index contributed by atoms with van der Waals surface area (Å²) in [5.74, 6) is 0.138. The molecule has 0 aliphatic rings. The molecule has 2 N–H and O–H groups in total. The van der Waals surface area contributed by atoms with E-state index in [2.05, 4.69) is 5.32 Å². The zero-order chi connectivity index (χ0) is 13.4. The molecule has 0 unspecified atom stereocenters. The lowest BCUT2D eigenvalue weighted by atomic mass is 10.2. The number of nitrogens with one attached hydrogen (secondary N) is 1. The van der Waals surface area contributed by atoms with Crippen LogP contribution in [0.15, 0.2) is 18.2 Å². The molecule has 5 heteroatoms. The van der Waals surface area contributed by atoms with E-state index in [0.29, 0.717) is 31.1 Å². The number of carbonyl (C=O) groups excluding carboxylic acids is 1. The van der Waals surface area contributed by atoms with Gasteiger partial charge in [0.25, 0.3) is 5.91 Å². The van der Waals surface area contributed by atoms with Gasteiger partial charge in [0, 0.05) is 25.8 Å². The average molecular weight is 253 g/mol. The van der Waals surface area contributed by atoms with Crippen molar-refractivity contribution in [2.45, 2.75) is 13.3 Å². The van der Waals surface area contributed by atoms with Gasteiger partial charge in [-0.05, 0) is 31.5 Å². The lowest BCUT2D eigenvalue weighted by molar-refractivity contribution is 0.0948. The van der Waals surface area contributed by atoms with Crippen LogP contribution in [0.2, 0.25) is 0 Å². The van der Waals surface area contributed by atoms with Crippen LogP contribution in [0.5, 0.6) is 11.5 Å². The summed E-state index contributed by atoms with van der Waals surface area (Å²) in [5, 5.41) is 12.4. The molecule has 0 saturated carbocycles. The van der Waals surface area contributed by atoms with Crippen molar-refractivity contribution < 1.29 is 19.4 Å². The Bertz CT molecular complexity index is 393. The van der Waals surface area contributed by atoms with Crippen molar-refractivity contribution in [3.05, 3.63) is 23.8 Å².